The first kappa shape index (κ1) is 17.1. The van der Waals surface area contributed by atoms with Gasteiger partial charge in [0.25, 0.3) is 5.91 Å². The summed E-state index contributed by atoms with van der Waals surface area (Å²) in [5.74, 6) is 0.830. The lowest BCUT2D eigenvalue weighted by Crippen LogP contribution is -2.37. The van der Waals surface area contributed by atoms with Crippen molar-refractivity contribution in [1.29, 1.82) is 0 Å². The molecule has 132 valence electrons. The number of morpholine rings is 1. The van der Waals surface area contributed by atoms with E-state index in [-0.39, 0.29) is 18.5 Å². The van der Waals surface area contributed by atoms with E-state index in [1.165, 1.54) is 7.11 Å². The maximum absolute atomic E-state index is 12.3. The number of methoxy groups -OCH3 is 1. The molecule has 1 aromatic carbocycles. The number of carbonyl (C=O) groups excluding carboxylic acids is 1. The zero-order valence-electron chi connectivity index (χ0n) is 14.4. The molecule has 1 N–H and O–H groups in total. The van der Waals surface area contributed by atoms with Crippen molar-refractivity contribution in [2.75, 3.05) is 38.3 Å². The van der Waals surface area contributed by atoms with Crippen molar-refractivity contribution >= 4 is 11.9 Å². The third kappa shape index (κ3) is 4.21. The molecular formula is C17H21N5O3. The molecule has 0 saturated carbocycles. The lowest BCUT2D eigenvalue weighted by Gasteiger charge is -2.26. The molecule has 8 heteroatoms. The van der Waals surface area contributed by atoms with Crippen LogP contribution in [0.5, 0.6) is 6.01 Å². The number of amides is 1. The maximum Gasteiger partial charge on any atom is 0.321 e. The van der Waals surface area contributed by atoms with Crippen LogP contribution in [0.1, 0.15) is 21.7 Å². The van der Waals surface area contributed by atoms with Crippen LogP contribution >= 0.6 is 0 Å². The highest BCUT2D eigenvalue weighted by Crippen LogP contribution is 2.14. The first-order chi connectivity index (χ1) is 12.2. The Morgan fingerprint density at radius 2 is 2.00 bits per heavy atom. The minimum atomic E-state index is -0.162. The van der Waals surface area contributed by atoms with Crippen molar-refractivity contribution in [2.24, 2.45) is 0 Å². The third-order valence-corrected chi connectivity index (χ3v) is 3.92. The van der Waals surface area contributed by atoms with Gasteiger partial charge in [0.1, 0.15) is 0 Å². The van der Waals surface area contributed by atoms with E-state index in [1.807, 2.05) is 30.0 Å². The van der Waals surface area contributed by atoms with E-state index in [2.05, 4.69) is 20.3 Å². The highest BCUT2D eigenvalue weighted by molar-refractivity contribution is 5.95. The Bertz CT molecular complexity index is 747. The zero-order valence-corrected chi connectivity index (χ0v) is 14.4. The van der Waals surface area contributed by atoms with Gasteiger partial charge in [-0.1, -0.05) is 18.2 Å². The highest BCUT2D eigenvalue weighted by atomic mass is 16.5. The molecule has 0 spiro atoms. The summed E-state index contributed by atoms with van der Waals surface area (Å²) >= 11 is 0. The largest absolute Gasteiger partial charge is 0.467 e. The summed E-state index contributed by atoms with van der Waals surface area (Å²) in [4.78, 5) is 27.3. The minimum Gasteiger partial charge on any atom is -0.467 e. The van der Waals surface area contributed by atoms with E-state index in [0.717, 1.165) is 5.56 Å². The Kier molecular flexibility index (Phi) is 5.39. The molecule has 1 aromatic heterocycles. The SMILES string of the molecule is COc1nc(CNC(=O)c2ccccc2C)nc(N2CCOCC2)n1. The molecular weight excluding hydrogens is 322 g/mol. The molecule has 25 heavy (non-hydrogen) atoms. The fourth-order valence-corrected chi connectivity index (χ4v) is 2.54. The van der Waals surface area contributed by atoms with Crippen LogP contribution in [0.3, 0.4) is 0 Å². The van der Waals surface area contributed by atoms with E-state index in [9.17, 15) is 4.79 Å². The summed E-state index contributed by atoms with van der Waals surface area (Å²) < 4.78 is 10.5. The topological polar surface area (TPSA) is 89.5 Å². The molecule has 3 rings (SSSR count). The van der Waals surface area contributed by atoms with Gasteiger partial charge in [0.05, 0.1) is 26.9 Å². The average molecular weight is 343 g/mol. The molecule has 1 fully saturated rings. The minimum absolute atomic E-state index is 0.162. The zero-order chi connectivity index (χ0) is 17.6. The molecule has 1 saturated heterocycles. The number of aromatic nitrogens is 3. The van der Waals surface area contributed by atoms with E-state index >= 15 is 0 Å². The number of rotatable bonds is 5. The summed E-state index contributed by atoms with van der Waals surface area (Å²) in [5, 5.41) is 2.85. The average Bonchev–Trinajstić information content (AvgIpc) is 2.67. The number of hydrogen-bond donors (Lipinski definition) is 1. The number of anilines is 1. The Morgan fingerprint density at radius 3 is 2.72 bits per heavy atom. The second-order valence-electron chi connectivity index (χ2n) is 5.64. The van der Waals surface area contributed by atoms with Crippen molar-refractivity contribution in [3.63, 3.8) is 0 Å². The van der Waals surface area contributed by atoms with Crippen LogP contribution < -0.4 is 15.0 Å². The second kappa shape index (κ2) is 7.89. The molecule has 1 aliphatic heterocycles. The van der Waals surface area contributed by atoms with Crippen molar-refractivity contribution < 1.29 is 14.3 Å². The van der Waals surface area contributed by atoms with Gasteiger partial charge in [0.15, 0.2) is 5.82 Å². The number of aryl methyl sites for hydroxylation is 1. The fourth-order valence-electron chi connectivity index (χ4n) is 2.54. The Balaban J connectivity index is 1.73. The Labute approximate surface area is 146 Å². The van der Waals surface area contributed by atoms with Crippen LogP contribution in [-0.4, -0.2) is 54.3 Å². The smallest absolute Gasteiger partial charge is 0.321 e. The number of carbonyl (C=O) groups is 1. The van der Waals surface area contributed by atoms with Gasteiger partial charge >= 0.3 is 6.01 Å². The van der Waals surface area contributed by atoms with Gasteiger partial charge in [0, 0.05) is 18.7 Å². The van der Waals surface area contributed by atoms with E-state index in [4.69, 9.17) is 9.47 Å². The number of nitrogens with one attached hydrogen (secondary N) is 1. The van der Waals surface area contributed by atoms with Gasteiger partial charge in [-0.15, -0.1) is 0 Å². The van der Waals surface area contributed by atoms with Crippen molar-refractivity contribution in [2.45, 2.75) is 13.5 Å². The van der Waals surface area contributed by atoms with Crippen LogP contribution in [-0.2, 0) is 11.3 Å². The highest BCUT2D eigenvalue weighted by Gasteiger charge is 2.17. The van der Waals surface area contributed by atoms with Crippen LogP contribution in [0.15, 0.2) is 24.3 Å². The molecule has 1 aliphatic rings. The van der Waals surface area contributed by atoms with Crippen LogP contribution in [0, 0.1) is 6.92 Å². The van der Waals surface area contributed by atoms with Crippen LogP contribution in [0.4, 0.5) is 5.95 Å². The summed E-state index contributed by atoms with van der Waals surface area (Å²) in [5.41, 5.74) is 1.55. The monoisotopic (exact) mass is 343 g/mol. The predicted molar refractivity (Wildman–Crippen MR) is 91.8 cm³/mol. The van der Waals surface area contributed by atoms with Crippen LogP contribution in [0.2, 0.25) is 0 Å². The van der Waals surface area contributed by atoms with Crippen molar-refractivity contribution in [3.8, 4) is 6.01 Å². The molecule has 2 aromatic rings. The molecule has 0 unspecified atom stereocenters. The standard InChI is InChI=1S/C17H21N5O3/c1-12-5-3-4-6-13(12)15(23)18-11-14-19-16(21-17(20-14)24-2)22-7-9-25-10-8-22/h3-6H,7-11H2,1-2H3,(H,18,23). The van der Waals surface area contributed by atoms with E-state index < -0.39 is 0 Å². The second-order valence-corrected chi connectivity index (χ2v) is 5.64. The van der Waals surface area contributed by atoms with Gasteiger partial charge in [-0.05, 0) is 18.6 Å². The first-order valence-corrected chi connectivity index (χ1v) is 8.13. The van der Waals surface area contributed by atoms with Crippen LogP contribution in [0.25, 0.3) is 0 Å². The van der Waals surface area contributed by atoms with E-state index in [1.54, 1.807) is 6.07 Å². The van der Waals surface area contributed by atoms with Gasteiger partial charge < -0.3 is 19.7 Å². The maximum atomic E-state index is 12.3. The van der Waals surface area contributed by atoms with Gasteiger partial charge in [0.2, 0.25) is 5.95 Å². The van der Waals surface area contributed by atoms with Gasteiger partial charge in [-0.2, -0.15) is 15.0 Å². The lowest BCUT2D eigenvalue weighted by molar-refractivity contribution is 0.0949. The summed E-state index contributed by atoms with van der Waals surface area (Å²) in [6, 6.07) is 7.66. The summed E-state index contributed by atoms with van der Waals surface area (Å²) in [6.45, 7) is 4.78. The Morgan fingerprint density at radius 1 is 1.24 bits per heavy atom. The molecule has 0 bridgehead atoms. The molecule has 2 heterocycles. The molecule has 0 radical (unpaired) electrons. The number of nitrogens with zero attached hydrogens (tertiary/aromatic N) is 4. The van der Waals surface area contributed by atoms with E-state index in [0.29, 0.717) is 43.6 Å². The molecule has 1 amide bonds. The van der Waals surface area contributed by atoms with Gasteiger partial charge in [-0.3, -0.25) is 4.79 Å². The quantitative estimate of drug-likeness (QED) is 0.864. The number of benzene rings is 1. The Hall–Kier alpha value is -2.74. The number of hydrogen-bond acceptors (Lipinski definition) is 7. The molecule has 0 aliphatic carbocycles. The molecule has 0 atom stereocenters. The third-order valence-electron chi connectivity index (χ3n) is 3.92. The first-order valence-electron chi connectivity index (χ1n) is 8.13. The van der Waals surface area contributed by atoms with Gasteiger partial charge in [-0.25, -0.2) is 0 Å². The summed E-state index contributed by atoms with van der Waals surface area (Å²) in [6.07, 6.45) is 0. The molecule has 8 nitrogen and oxygen atoms in total. The van der Waals surface area contributed by atoms with Crippen molar-refractivity contribution in [3.05, 3.63) is 41.2 Å². The van der Waals surface area contributed by atoms with Crippen molar-refractivity contribution in [1.82, 2.24) is 20.3 Å². The summed E-state index contributed by atoms with van der Waals surface area (Å²) in [7, 11) is 1.51. The predicted octanol–water partition coefficient (Wildman–Crippen LogP) is 0.955. The normalized spacial score (nSPS) is 14.2. The number of ether oxygens (including phenoxy) is 2. The fraction of sp³-hybridized carbons (Fsp3) is 0.412. The lowest BCUT2D eigenvalue weighted by atomic mass is 10.1.